The lowest BCUT2D eigenvalue weighted by Crippen LogP contribution is -2.82. The van der Waals surface area contributed by atoms with Crippen LogP contribution < -0.4 is 5.32 Å². The summed E-state index contributed by atoms with van der Waals surface area (Å²) in [5.74, 6) is 0.0712. The van der Waals surface area contributed by atoms with E-state index < -0.39 is 11.9 Å². The van der Waals surface area contributed by atoms with Crippen molar-refractivity contribution in [3.63, 3.8) is 0 Å². The van der Waals surface area contributed by atoms with Crippen molar-refractivity contribution in [2.45, 2.75) is 6.54 Å². The highest BCUT2D eigenvalue weighted by molar-refractivity contribution is 5.97. The molecule has 2 rings (SSSR count). The maximum atomic E-state index is 11.8. The summed E-state index contributed by atoms with van der Waals surface area (Å²) >= 11 is 0. The highest BCUT2D eigenvalue weighted by Crippen LogP contribution is 2.25. The van der Waals surface area contributed by atoms with Crippen LogP contribution in [-0.2, 0) is 16.0 Å². The molecule has 2 N–H and O–H groups in total. The van der Waals surface area contributed by atoms with E-state index in [1.54, 1.807) is 29.6 Å². The highest BCUT2D eigenvalue weighted by atomic mass is 16.5. The van der Waals surface area contributed by atoms with E-state index in [9.17, 15) is 9.59 Å². The van der Waals surface area contributed by atoms with E-state index >= 15 is 0 Å². The molecule has 1 heterocycles. The van der Waals surface area contributed by atoms with Crippen molar-refractivity contribution in [1.29, 1.82) is 5.26 Å². The van der Waals surface area contributed by atoms with Crippen LogP contribution in [0.15, 0.2) is 34.7 Å². The van der Waals surface area contributed by atoms with Crippen molar-refractivity contribution in [1.82, 2.24) is 0 Å². The Hall–Kier alpha value is -3.11. The molecular weight excluding hydrogens is 312 g/mol. The second kappa shape index (κ2) is 7.94. The van der Waals surface area contributed by atoms with Crippen molar-refractivity contribution in [3.05, 3.63) is 47.2 Å². The third-order valence-electron chi connectivity index (χ3n) is 3.30. The van der Waals surface area contributed by atoms with Gasteiger partial charge in [-0.25, -0.2) is 9.59 Å². The van der Waals surface area contributed by atoms with Gasteiger partial charge in [-0.05, 0) is 30.3 Å². The van der Waals surface area contributed by atoms with Gasteiger partial charge < -0.3 is 19.2 Å². The lowest BCUT2D eigenvalue weighted by atomic mass is 10.0. The summed E-state index contributed by atoms with van der Waals surface area (Å²) in [7, 11) is 2.53. The second-order valence-corrected chi connectivity index (χ2v) is 4.90. The Bertz CT molecular complexity index is 754. The number of carbonyl (C=O) groups excluding carboxylic acids is 2. The normalized spacial score (nSPS) is 10.0. The number of carbonyl (C=O) groups is 2. The second-order valence-electron chi connectivity index (χ2n) is 4.90. The Kier molecular flexibility index (Phi) is 5.71. The van der Waals surface area contributed by atoms with Gasteiger partial charge in [-0.1, -0.05) is 0 Å². The monoisotopic (exact) mass is 329 g/mol. The number of esters is 2. The first-order valence-corrected chi connectivity index (χ1v) is 7.18. The Balaban J connectivity index is 2.36. The molecule has 1 aromatic heterocycles. The van der Waals surface area contributed by atoms with Crippen LogP contribution in [0.2, 0.25) is 0 Å². The molecule has 24 heavy (non-hydrogen) atoms. The fourth-order valence-corrected chi connectivity index (χ4v) is 2.16. The van der Waals surface area contributed by atoms with Gasteiger partial charge in [-0.15, -0.1) is 0 Å². The zero-order valence-corrected chi connectivity index (χ0v) is 13.4. The van der Waals surface area contributed by atoms with Gasteiger partial charge in [0.1, 0.15) is 18.4 Å². The molecule has 7 nitrogen and oxygen atoms in total. The van der Waals surface area contributed by atoms with Crippen molar-refractivity contribution in [3.8, 4) is 17.4 Å². The summed E-state index contributed by atoms with van der Waals surface area (Å²) in [5, 5.41) is 10.3. The van der Waals surface area contributed by atoms with Crippen molar-refractivity contribution >= 4 is 11.9 Å². The molecule has 0 aliphatic carbocycles. The molecule has 0 atom stereocenters. The average molecular weight is 329 g/mol. The lowest BCUT2D eigenvalue weighted by molar-refractivity contribution is -0.662. The van der Waals surface area contributed by atoms with Gasteiger partial charge in [0.15, 0.2) is 12.3 Å². The zero-order chi connectivity index (χ0) is 17.5. The third-order valence-corrected chi connectivity index (χ3v) is 3.30. The van der Waals surface area contributed by atoms with E-state index in [2.05, 4.69) is 0 Å². The van der Waals surface area contributed by atoms with Crippen LogP contribution in [0.1, 0.15) is 26.5 Å². The molecule has 0 fully saturated rings. The smallest absolute Gasteiger partial charge is 0.337 e. The minimum atomic E-state index is -0.559. The summed E-state index contributed by atoms with van der Waals surface area (Å²) in [4.78, 5) is 23.6. The van der Waals surface area contributed by atoms with E-state index in [1.807, 2.05) is 6.07 Å². The van der Waals surface area contributed by atoms with Gasteiger partial charge in [0.25, 0.3) is 0 Å². The molecule has 0 bridgehead atoms. The third kappa shape index (κ3) is 4.00. The van der Waals surface area contributed by atoms with Crippen molar-refractivity contribution < 1.29 is 28.8 Å². The molecule has 2 aromatic rings. The number of benzene rings is 1. The first-order chi connectivity index (χ1) is 11.6. The first-order valence-electron chi connectivity index (χ1n) is 7.18. The van der Waals surface area contributed by atoms with E-state index in [1.165, 1.54) is 20.3 Å². The maximum absolute atomic E-state index is 11.8. The summed E-state index contributed by atoms with van der Waals surface area (Å²) < 4.78 is 15.1. The summed E-state index contributed by atoms with van der Waals surface area (Å²) in [5.41, 5.74) is 1.01. The van der Waals surface area contributed by atoms with Crippen LogP contribution in [0.5, 0.6) is 0 Å². The van der Waals surface area contributed by atoms with Gasteiger partial charge in [0.2, 0.25) is 0 Å². The summed E-state index contributed by atoms with van der Waals surface area (Å²) in [6.45, 7) is 0.856. The molecule has 0 saturated carbocycles. The molecule has 0 unspecified atom stereocenters. The molecular formula is C17H17N2O5+. The minimum absolute atomic E-state index is 0.226. The molecule has 1 aromatic carbocycles. The lowest BCUT2D eigenvalue weighted by Gasteiger charge is -2.06. The highest BCUT2D eigenvalue weighted by Gasteiger charge is 2.16. The van der Waals surface area contributed by atoms with Crippen LogP contribution in [0, 0.1) is 11.3 Å². The number of hydrogen-bond acceptors (Lipinski definition) is 6. The number of furan rings is 1. The fraction of sp³-hybridized carbons (Fsp3) is 0.235. The summed E-state index contributed by atoms with van der Waals surface area (Å²) in [6, 6.07) is 10.1. The first kappa shape index (κ1) is 17.2. The quantitative estimate of drug-likeness (QED) is 0.483. The maximum Gasteiger partial charge on any atom is 0.337 e. The SMILES string of the molecule is COC(=O)c1cc(C(=O)OC)cc(-c2ccc(C[NH2+]CC#N)o2)c1. The largest absolute Gasteiger partial charge is 0.465 e. The summed E-state index contributed by atoms with van der Waals surface area (Å²) in [6.07, 6.45) is 0. The molecule has 0 radical (unpaired) electrons. The van der Waals surface area contributed by atoms with Gasteiger partial charge >= 0.3 is 11.9 Å². The van der Waals surface area contributed by atoms with Gasteiger partial charge in [-0.2, -0.15) is 5.26 Å². The number of nitriles is 1. The molecule has 0 saturated heterocycles. The number of ether oxygens (including phenoxy) is 2. The number of nitrogens with zero attached hydrogens (tertiary/aromatic N) is 1. The predicted molar refractivity (Wildman–Crippen MR) is 82.9 cm³/mol. The van der Waals surface area contributed by atoms with Gasteiger partial charge in [0, 0.05) is 5.56 Å². The Morgan fingerprint density at radius 3 is 2.29 bits per heavy atom. The number of hydrogen-bond donors (Lipinski definition) is 1. The standard InChI is InChI=1S/C17H16N2O5/c1-22-16(20)12-7-11(8-13(9-12)17(21)23-2)15-4-3-14(24-15)10-19-6-5-18/h3-4,7-9,19H,6,10H2,1-2H3/p+1. The topological polar surface area (TPSA) is 106 Å². The van der Waals surface area contributed by atoms with Crippen LogP contribution in [0.3, 0.4) is 0 Å². The molecule has 0 aliphatic heterocycles. The average Bonchev–Trinajstić information content (AvgIpc) is 3.09. The number of nitrogens with two attached hydrogens (primary N) is 1. The van der Waals surface area contributed by atoms with Crippen LogP contribution in [0.25, 0.3) is 11.3 Å². The van der Waals surface area contributed by atoms with Gasteiger partial charge in [-0.3, -0.25) is 0 Å². The fourth-order valence-electron chi connectivity index (χ4n) is 2.16. The van der Waals surface area contributed by atoms with Crippen LogP contribution in [0.4, 0.5) is 0 Å². The number of methoxy groups -OCH3 is 2. The Labute approximate surface area is 138 Å². The molecule has 0 amide bonds. The Morgan fingerprint density at radius 2 is 1.75 bits per heavy atom. The predicted octanol–water partition coefficient (Wildman–Crippen LogP) is 1.11. The number of rotatable bonds is 6. The Morgan fingerprint density at radius 1 is 1.12 bits per heavy atom. The molecule has 7 heteroatoms. The van der Waals surface area contributed by atoms with E-state index in [4.69, 9.17) is 19.2 Å². The minimum Gasteiger partial charge on any atom is -0.465 e. The van der Waals surface area contributed by atoms with Crippen LogP contribution in [-0.4, -0.2) is 32.7 Å². The zero-order valence-electron chi connectivity index (χ0n) is 13.4. The van der Waals surface area contributed by atoms with E-state index in [0.29, 0.717) is 30.2 Å². The number of quaternary nitrogens is 1. The molecule has 0 aliphatic rings. The van der Waals surface area contributed by atoms with Crippen molar-refractivity contribution in [2.24, 2.45) is 0 Å². The van der Waals surface area contributed by atoms with Gasteiger partial charge in [0.05, 0.1) is 25.3 Å². The van der Waals surface area contributed by atoms with E-state index in [0.717, 1.165) is 0 Å². The molecule has 124 valence electrons. The molecule has 0 spiro atoms. The van der Waals surface area contributed by atoms with E-state index in [-0.39, 0.29) is 11.1 Å². The van der Waals surface area contributed by atoms with Crippen LogP contribution >= 0.6 is 0 Å². The van der Waals surface area contributed by atoms with Crippen molar-refractivity contribution in [2.75, 3.05) is 20.8 Å².